The summed E-state index contributed by atoms with van der Waals surface area (Å²) in [4.78, 5) is 2.44. The Kier molecular flexibility index (Phi) is 8.70. The zero-order valence-electron chi connectivity index (χ0n) is 36.2. The summed E-state index contributed by atoms with van der Waals surface area (Å²) in [6.07, 6.45) is 8.66. The van der Waals surface area contributed by atoms with Crippen LogP contribution in [-0.2, 0) is 10.8 Å². The van der Waals surface area contributed by atoms with Crippen LogP contribution in [0.4, 0.5) is 17.1 Å². The van der Waals surface area contributed by atoms with Crippen molar-refractivity contribution in [3.8, 4) is 33.4 Å². The van der Waals surface area contributed by atoms with Gasteiger partial charge in [-0.3, -0.25) is 0 Å². The number of anilines is 3. The van der Waals surface area contributed by atoms with Crippen LogP contribution in [0, 0.1) is 17.8 Å². The summed E-state index contributed by atoms with van der Waals surface area (Å²) in [6, 6.07) is 82.0. The van der Waals surface area contributed by atoms with Crippen molar-refractivity contribution in [2.45, 2.75) is 49.4 Å². The lowest BCUT2D eigenvalue weighted by molar-refractivity contribution is -0.00518. The largest absolute Gasteiger partial charge is 0.310 e. The molecular weight excluding hydrogens is 771 g/mol. The topological polar surface area (TPSA) is 3.24 Å². The Morgan fingerprint density at radius 3 is 1.41 bits per heavy atom. The van der Waals surface area contributed by atoms with Gasteiger partial charge in [0.1, 0.15) is 0 Å². The van der Waals surface area contributed by atoms with E-state index in [0.717, 1.165) is 34.8 Å². The van der Waals surface area contributed by atoms with Crippen molar-refractivity contribution < 1.29 is 0 Å². The molecule has 0 heterocycles. The van der Waals surface area contributed by atoms with Crippen molar-refractivity contribution >= 4 is 27.8 Å². The van der Waals surface area contributed by atoms with Crippen molar-refractivity contribution in [3.63, 3.8) is 0 Å². The smallest absolute Gasteiger partial charge is 0.0713 e. The molecule has 4 fully saturated rings. The number of benzene rings is 9. The average molecular weight is 822 g/mol. The van der Waals surface area contributed by atoms with Crippen molar-refractivity contribution in [2.75, 3.05) is 4.90 Å². The molecule has 4 saturated carbocycles. The summed E-state index contributed by atoms with van der Waals surface area (Å²) in [7, 11) is 0. The zero-order valence-corrected chi connectivity index (χ0v) is 36.2. The van der Waals surface area contributed by atoms with E-state index in [2.05, 4.69) is 223 Å². The minimum absolute atomic E-state index is 0.416. The number of rotatable bonds is 8. The van der Waals surface area contributed by atoms with E-state index in [-0.39, 0.29) is 0 Å². The monoisotopic (exact) mass is 821 g/mol. The molecule has 4 bridgehead atoms. The van der Waals surface area contributed by atoms with Crippen molar-refractivity contribution in [2.24, 2.45) is 17.8 Å². The van der Waals surface area contributed by atoms with Crippen LogP contribution >= 0.6 is 0 Å². The maximum Gasteiger partial charge on any atom is 0.0713 e. The first kappa shape index (κ1) is 37.6. The molecule has 0 saturated heterocycles. The molecule has 5 aliphatic carbocycles. The van der Waals surface area contributed by atoms with Crippen molar-refractivity contribution in [3.05, 3.63) is 246 Å². The minimum Gasteiger partial charge on any atom is -0.310 e. The normalized spacial score (nSPS) is 21.1. The molecule has 1 nitrogen and oxygen atoms in total. The molecule has 5 aliphatic rings. The lowest BCUT2D eigenvalue weighted by Gasteiger charge is -2.57. The Morgan fingerprint density at radius 2 is 0.797 bits per heavy atom. The minimum atomic E-state index is -0.438. The van der Waals surface area contributed by atoms with Gasteiger partial charge in [0.25, 0.3) is 0 Å². The molecule has 0 aliphatic heterocycles. The zero-order chi connectivity index (χ0) is 42.2. The van der Waals surface area contributed by atoms with Crippen LogP contribution < -0.4 is 4.90 Å². The Bertz CT molecular complexity index is 3090. The lowest BCUT2D eigenvalue weighted by atomic mass is 9.48. The van der Waals surface area contributed by atoms with Gasteiger partial charge >= 0.3 is 0 Å². The third kappa shape index (κ3) is 5.97. The summed E-state index contributed by atoms with van der Waals surface area (Å²) >= 11 is 0. The average Bonchev–Trinajstić information content (AvgIpc) is 3.65. The fourth-order valence-corrected chi connectivity index (χ4v) is 13.5. The van der Waals surface area contributed by atoms with Crippen LogP contribution in [0.1, 0.15) is 66.3 Å². The van der Waals surface area contributed by atoms with E-state index in [9.17, 15) is 0 Å². The van der Waals surface area contributed by atoms with Gasteiger partial charge in [-0.15, -0.1) is 0 Å². The lowest BCUT2D eigenvalue weighted by Crippen LogP contribution is -2.48. The molecule has 0 radical (unpaired) electrons. The maximum absolute atomic E-state index is 2.48. The van der Waals surface area contributed by atoms with Crippen LogP contribution in [0.5, 0.6) is 0 Å². The molecule has 9 aromatic carbocycles. The Labute approximate surface area is 377 Å². The van der Waals surface area contributed by atoms with Crippen LogP contribution in [-0.4, -0.2) is 0 Å². The molecule has 308 valence electrons. The highest BCUT2D eigenvalue weighted by Crippen LogP contribution is 2.61. The van der Waals surface area contributed by atoms with Gasteiger partial charge in [-0.05, 0) is 176 Å². The molecule has 0 unspecified atom stereocenters. The van der Waals surface area contributed by atoms with E-state index in [1.165, 1.54) is 105 Å². The van der Waals surface area contributed by atoms with Gasteiger partial charge in [-0.1, -0.05) is 176 Å². The third-order valence-electron chi connectivity index (χ3n) is 15.9. The molecule has 14 rings (SSSR count). The van der Waals surface area contributed by atoms with Gasteiger partial charge < -0.3 is 4.90 Å². The molecule has 0 aromatic heterocycles. The van der Waals surface area contributed by atoms with E-state index in [1.807, 2.05) is 0 Å². The second-order valence-electron chi connectivity index (χ2n) is 19.5. The molecule has 9 aromatic rings. The molecular formula is C63H51N. The van der Waals surface area contributed by atoms with Crippen molar-refractivity contribution in [1.82, 2.24) is 0 Å². The van der Waals surface area contributed by atoms with Gasteiger partial charge in [-0.2, -0.15) is 0 Å². The molecule has 0 spiro atoms. The van der Waals surface area contributed by atoms with E-state index in [4.69, 9.17) is 0 Å². The second kappa shape index (κ2) is 14.8. The van der Waals surface area contributed by atoms with Gasteiger partial charge in [0.2, 0.25) is 0 Å². The van der Waals surface area contributed by atoms with E-state index < -0.39 is 5.41 Å². The molecule has 0 amide bonds. The Morgan fingerprint density at radius 1 is 0.328 bits per heavy atom. The summed E-state index contributed by atoms with van der Waals surface area (Å²) in [6.45, 7) is 0. The summed E-state index contributed by atoms with van der Waals surface area (Å²) in [5.74, 6) is 2.85. The number of hydrogen-bond acceptors (Lipinski definition) is 1. The fraction of sp³-hybridized carbons (Fsp3) is 0.175. The SMILES string of the molecule is c1ccc(C2(c3ccccc3)c3ccccc3-c3cc(N(c4ccc(-c5ccc(C67CC8CC(CC(C8)C6)C7)cc5)cc4)c4ccc(-c5ccc6ccccc6c5)cc4)ccc32)cc1. The predicted octanol–water partition coefficient (Wildman–Crippen LogP) is 16.5. The highest BCUT2D eigenvalue weighted by Gasteiger charge is 2.51. The fourth-order valence-electron chi connectivity index (χ4n) is 13.5. The number of fused-ring (bicyclic) bond motifs is 4. The molecule has 64 heavy (non-hydrogen) atoms. The summed E-state index contributed by atoms with van der Waals surface area (Å²) < 4.78 is 0. The highest BCUT2D eigenvalue weighted by atomic mass is 15.1. The number of hydrogen-bond donors (Lipinski definition) is 0. The van der Waals surface area contributed by atoms with Gasteiger partial charge in [0.05, 0.1) is 5.41 Å². The van der Waals surface area contributed by atoms with E-state index >= 15 is 0 Å². The molecule has 0 N–H and O–H groups in total. The third-order valence-corrected chi connectivity index (χ3v) is 15.9. The summed E-state index contributed by atoms with van der Waals surface area (Å²) in [5.41, 5.74) is 17.7. The first-order chi connectivity index (χ1) is 31.6. The molecule has 0 atom stereocenters. The van der Waals surface area contributed by atoms with Crippen LogP contribution in [0.2, 0.25) is 0 Å². The van der Waals surface area contributed by atoms with Gasteiger partial charge in [0, 0.05) is 17.1 Å². The Hall–Kier alpha value is -6.96. The van der Waals surface area contributed by atoms with E-state index in [0.29, 0.717) is 5.41 Å². The van der Waals surface area contributed by atoms with E-state index in [1.54, 1.807) is 5.56 Å². The summed E-state index contributed by atoms with van der Waals surface area (Å²) in [5, 5.41) is 2.52. The quantitative estimate of drug-likeness (QED) is 0.148. The van der Waals surface area contributed by atoms with Crippen molar-refractivity contribution in [1.29, 1.82) is 0 Å². The first-order valence-electron chi connectivity index (χ1n) is 23.6. The first-order valence-corrected chi connectivity index (χ1v) is 23.6. The number of nitrogens with zero attached hydrogens (tertiary/aromatic N) is 1. The van der Waals surface area contributed by atoms with Crippen LogP contribution in [0.3, 0.4) is 0 Å². The standard InChI is InChI=1S/C63H51N/c1-3-13-53(14-4-1)63(54-15-5-2-6-16-54)60-18-10-9-17-58(60)59-39-57(33-34-61(59)63)64(56-31-25-49(26-32-56)51-20-19-46-11-7-8-12-50(46)38-51)55-29-23-48(24-30-55)47-21-27-52(28-22-47)62-40-43-35-44(41-62)37-45(36-43)42-62/h1-34,38-39,43-45H,35-37,40-42H2. The highest BCUT2D eigenvalue weighted by molar-refractivity contribution is 5.91. The van der Waals surface area contributed by atoms with Crippen LogP contribution in [0.15, 0.2) is 218 Å². The maximum atomic E-state index is 2.48. The van der Waals surface area contributed by atoms with Gasteiger partial charge in [0.15, 0.2) is 0 Å². The van der Waals surface area contributed by atoms with Gasteiger partial charge in [-0.25, -0.2) is 0 Å². The molecule has 1 heteroatoms. The van der Waals surface area contributed by atoms with Crippen LogP contribution in [0.25, 0.3) is 44.2 Å². The Balaban J connectivity index is 0.910. The predicted molar refractivity (Wildman–Crippen MR) is 267 cm³/mol. The second-order valence-corrected chi connectivity index (χ2v) is 19.5.